The summed E-state index contributed by atoms with van der Waals surface area (Å²) < 4.78 is 5.94. The number of carbonyl (C=O) groups is 1. The predicted octanol–water partition coefficient (Wildman–Crippen LogP) is 3.22. The van der Waals surface area contributed by atoms with E-state index in [2.05, 4.69) is 27.8 Å². The number of ether oxygens (including phenoxy) is 1. The molecule has 2 aliphatic heterocycles. The van der Waals surface area contributed by atoms with Gasteiger partial charge in [-0.05, 0) is 44.4 Å². The van der Waals surface area contributed by atoms with Crippen LogP contribution in [0.15, 0.2) is 24.3 Å². The van der Waals surface area contributed by atoms with Crippen LogP contribution in [0.25, 0.3) is 10.9 Å². The minimum Gasteiger partial charge on any atom is -0.490 e. The van der Waals surface area contributed by atoms with E-state index >= 15 is 0 Å². The van der Waals surface area contributed by atoms with Gasteiger partial charge in [-0.15, -0.1) is 0 Å². The van der Waals surface area contributed by atoms with Crippen LogP contribution < -0.4 is 4.74 Å². The number of nitrogens with one attached hydrogen (secondary N) is 1. The number of rotatable bonds is 9. The fraction of sp³-hybridized carbons (Fsp3) is 0.625. The molecule has 31 heavy (non-hydrogen) atoms. The van der Waals surface area contributed by atoms with E-state index in [9.17, 15) is 9.90 Å². The van der Waals surface area contributed by atoms with Gasteiger partial charge in [0.1, 0.15) is 18.5 Å². The first-order chi connectivity index (χ1) is 15.0. The van der Waals surface area contributed by atoms with Gasteiger partial charge in [0.2, 0.25) is 0 Å². The summed E-state index contributed by atoms with van der Waals surface area (Å²) in [6, 6.07) is 8.57. The lowest BCUT2D eigenvalue weighted by Crippen LogP contribution is -2.48. The third-order valence-electron chi connectivity index (χ3n) is 6.57. The molecule has 7 heteroatoms. The molecule has 3 heterocycles. The summed E-state index contributed by atoms with van der Waals surface area (Å²) in [5.74, 6) is 0.805. The number of aliphatic hydroxyl groups is 1. The molecule has 2 saturated heterocycles. The molecule has 0 saturated carbocycles. The van der Waals surface area contributed by atoms with Crippen LogP contribution in [0.5, 0.6) is 5.75 Å². The van der Waals surface area contributed by atoms with E-state index in [1.807, 2.05) is 30.0 Å². The van der Waals surface area contributed by atoms with Gasteiger partial charge in [-0.3, -0.25) is 0 Å². The molecule has 2 fully saturated rings. The molecule has 0 spiro atoms. The minimum atomic E-state index is -0.537. The molecule has 0 radical (unpaired) electrons. The van der Waals surface area contributed by atoms with Crippen molar-refractivity contribution in [3.8, 4) is 5.75 Å². The maximum Gasteiger partial charge on any atom is 0.320 e. The van der Waals surface area contributed by atoms with E-state index in [4.69, 9.17) is 4.74 Å². The fourth-order valence-electron chi connectivity index (χ4n) is 4.84. The van der Waals surface area contributed by atoms with Gasteiger partial charge in [0.05, 0.1) is 0 Å². The minimum absolute atomic E-state index is 0.217. The summed E-state index contributed by atoms with van der Waals surface area (Å²) in [5, 5.41) is 11.6. The Kier molecular flexibility index (Phi) is 7.02. The molecule has 0 bridgehead atoms. The number of aromatic amines is 1. The lowest BCUT2D eigenvalue weighted by Gasteiger charge is -2.37. The van der Waals surface area contributed by atoms with Crippen molar-refractivity contribution >= 4 is 16.9 Å². The Morgan fingerprint density at radius 1 is 1.23 bits per heavy atom. The molecule has 1 aromatic carbocycles. The summed E-state index contributed by atoms with van der Waals surface area (Å²) >= 11 is 0. The zero-order valence-corrected chi connectivity index (χ0v) is 18.8. The van der Waals surface area contributed by atoms with Gasteiger partial charge in [-0.25, -0.2) is 4.79 Å². The molecule has 1 aromatic heterocycles. The molecule has 4 rings (SSSR count). The quantitative estimate of drug-likeness (QED) is 0.643. The molecule has 2 aliphatic rings. The number of β-amino-alcohol motifs (C(OH)–C–C–N with tert-alkyl or cyclic N) is 1. The van der Waals surface area contributed by atoms with Crippen LogP contribution in [0.1, 0.15) is 38.3 Å². The first kappa shape index (κ1) is 22.0. The van der Waals surface area contributed by atoms with Crippen molar-refractivity contribution in [2.24, 2.45) is 0 Å². The molecular weight excluding hydrogens is 392 g/mol. The van der Waals surface area contributed by atoms with Crippen molar-refractivity contribution < 1.29 is 14.6 Å². The SMILES string of the molecule is CCCCN1CCN(C2CCN(CC(O)COc3cccc4[nH]c(C)cc34)CC2)C1=O. The zero-order chi connectivity index (χ0) is 21.8. The molecule has 2 N–H and O–H groups in total. The monoisotopic (exact) mass is 428 g/mol. The number of H-pyrrole nitrogens is 1. The number of carbonyl (C=O) groups excluding carboxylic acids is 1. The number of hydrogen-bond donors (Lipinski definition) is 2. The molecule has 1 unspecified atom stereocenters. The molecule has 1 atom stereocenters. The second kappa shape index (κ2) is 9.92. The number of benzene rings is 1. The Morgan fingerprint density at radius 2 is 2.03 bits per heavy atom. The number of urea groups is 1. The first-order valence-electron chi connectivity index (χ1n) is 11.7. The number of unbranched alkanes of at least 4 members (excludes halogenated alkanes) is 1. The Balaban J connectivity index is 1.21. The molecule has 2 amide bonds. The number of amides is 2. The van der Waals surface area contributed by atoms with E-state index in [1.54, 1.807) is 0 Å². The number of aliphatic hydroxyl groups excluding tert-OH is 1. The number of likely N-dealkylation sites (tertiary alicyclic amines) is 1. The second-order valence-electron chi connectivity index (χ2n) is 8.98. The number of piperidine rings is 1. The number of hydrogen-bond acceptors (Lipinski definition) is 4. The molecule has 170 valence electrons. The van der Waals surface area contributed by atoms with Gasteiger partial charge in [-0.1, -0.05) is 19.4 Å². The number of aryl methyl sites for hydroxylation is 1. The number of nitrogens with zero attached hydrogens (tertiary/aromatic N) is 3. The van der Waals surface area contributed by atoms with Crippen LogP contribution >= 0.6 is 0 Å². The summed E-state index contributed by atoms with van der Waals surface area (Å²) in [6.07, 6.45) is 3.61. The maximum absolute atomic E-state index is 12.7. The van der Waals surface area contributed by atoms with Crippen LogP contribution in [-0.4, -0.2) is 88.8 Å². The van der Waals surface area contributed by atoms with Crippen LogP contribution in [0.2, 0.25) is 0 Å². The average molecular weight is 429 g/mol. The third kappa shape index (κ3) is 5.15. The topological polar surface area (TPSA) is 72.0 Å². The van der Waals surface area contributed by atoms with Crippen LogP contribution in [0, 0.1) is 6.92 Å². The van der Waals surface area contributed by atoms with Crippen LogP contribution in [-0.2, 0) is 0 Å². The highest BCUT2D eigenvalue weighted by Crippen LogP contribution is 2.26. The Labute approximate surface area is 184 Å². The van der Waals surface area contributed by atoms with Gasteiger partial charge in [-0.2, -0.15) is 0 Å². The summed E-state index contributed by atoms with van der Waals surface area (Å²) in [6.45, 7) is 9.49. The molecule has 0 aliphatic carbocycles. The highest BCUT2D eigenvalue weighted by atomic mass is 16.5. The smallest absolute Gasteiger partial charge is 0.320 e. The van der Waals surface area contributed by atoms with Crippen molar-refractivity contribution in [1.29, 1.82) is 0 Å². The van der Waals surface area contributed by atoms with Crippen molar-refractivity contribution in [1.82, 2.24) is 19.7 Å². The van der Waals surface area contributed by atoms with E-state index in [0.717, 1.165) is 80.8 Å². The van der Waals surface area contributed by atoms with Crippen molar-refractivity contribution in [2.45, 2.75) is 51.7 Å². The van der Waals surface area contributed by atoms with E-state index in [1.165, 1.54) is 0 Å². The molecule has 2 aromatic rings. The lowest BCUT2D eigenvalue weighted by atomic mass is 10.0. The Bertz CT molecular complexity index is 875. The highest BCUT2D eigenvalue weighted by molar-refractivity contribution is 5.86. The van der Waals surface area contributed by atoms with Crippen LogP contribution in [0.3, 0.4) is 0 Å². The summed E-state index contributed by atoms with van der Waals surface area (Å²) in [5.41, 5.74) is 2.15. The third-order valence-corrected chi connectivity index (χ3v) is 6.57. The molecular formula is C24H36N4O3. The first-order valence-corrected chi connectivity index (χ1v) is 11.7. The molecule has 7 nitrogen and oxygen atoms in total. The standard InChI is InChI=1S/C24H36N4O3/c1-3-4-10-27-13-14-28(24(27)30)19-8-11-26(12-9-19)16-20(29)17-31-23-7-5-6-22-21(23)15-18(2)25-22/h5-7,15,19-20,25,29H,3-4,8-14,16-17H2,1-2H3. The predicted molar refractivity (Wildman–Crippen MR) is 123 cm³/mol. The Morgan fingerprint density at radius 3 is 2.81 bits per heavy atom. The summed E-state index contributed by atoms with van der Waals surface area (Å²) in [4.78, 5) is 22.3. The van der Waals surface area contributed by atoms with E-state index in [0.29, 0.717) is 12.6 Å². The normalized spacial score (nSPS) is 19.5. The van der Waals surface area contributed by atoms with E-state index in [-0.39, 0.29) is 12.6 Å². The Hall–Kier alpha value is -2.25. The van der Waals surface area contributed by atoms with Gasteiger partial charge >= 0.3 is 6.03 Å². The number of fused-ring (bicyclic) bond motifs is 1. The highest BCUT2D eigenvalue weighted by Gasteiger charge is 2.35. The maximum atomic E-state index is 12.7. The van der Waals surface area contributed by atoms with Crippen molar-refractivity contribution in [2.75, 3.05) is 45.9 Å². The number of aromatic nitrogens is 1. The van der Waals surface area contributed by atoms with Gasteiger partial charge < -0.3 is 29.5 Å². The lowest BCUT2D eigenvalue weighted by molar-refractivity contribution is 0.0508. The average Bonchev–Trinajstić information content (AvgIpc) is 3.33. The summed E-state index contributed by atoms with van der Waals surface area (Å²) in [7, 11) is 0. The van der Waals surface area contributed by atoms with Crippen molar-refractivity contribution in [3.05, 3.63) is 30.0 Å². The van der Waals surface area contributed by atoms with Gasteiger partial charge in [0, 0.05) is 61.9 Å². The van der Waals surface area contributed by atoms with Crippen LogP contribution in [0.4, 0.5) is 4.79 Å². The van der Waals surface area contributed by atoms with Gasteiger partial charge in [0.15, 0.2) is 0 Å². The largest absolute Gasteiger partial charge is 0.490 e. The zero-order valence-electron chi connectivity index (χ0n) is 18.8. The fourth-order valence-corrected chi connectivity index (χ4v) is 4.84. The second-order valence-corrected chi connectivity index (χ2v) is 8.98. The van der Waals surface area contributed by atoms with E-state index < -0.39 is 6.10 Å². The van der Waals surface area contributed by atoms with Gasteiger partial charge in [0.25, 0.3) is 0 Å². The van der Waals surface area contributed by atoms with Crippen molar-refractivity contribution in [3.63, 3.8) is 0 Å².